The summed E-state index contributed by atoms with van der Waals surface area (Å²) < 4.78 is 0. The largest absolute Gasteiger partial charge is 3.00 e. The van der Waals surface area contributed by atoms with Gasteiger partial charge in [0.1, 0.15) is 0 Å². The van der Waals surface area contributed by atoms with Gasteiger partial charge in [0.15, 0.2) is 0 Å². The normalized spacial score (nSPS) is 28.0. The maximum absolute atomic E-state index is 2.92. The van der Waals surface area contributed by atoms with E-state index in [4.69, 9.17) is 0 Å². The number of hydrogen-bond donors (Lipinski definition) is 0. The second-order valence-corrected chi connectivity index (χ2v) is 62.3. The molecule has 0 spiro atoms. The van der Waals surface area contributed by atoms with Crippen LogP contribution in [0.3, 0.4) is 0 Å². The first kappa shape index (κ1) is 47.6. The van der Waals surface area contributed by atoms with E-state index in [-0.39, 0.29) is 32.7 Å². The van der Waals surface area contributed by atoms with Crippen LogP contribution in [0.25, 0.3) is 0 Å². The van der Waals surface area contributed by atoms with Gasteiger partial charge in [-0.25, -0.2) is 0 Å². The zero-order valence-electron chi connectivity index (χ0n) is 35.9. The van der Waals surface area contributed by atoms with Crippen LogP contribution in [0.2, 0.25) is 161 Å². The van der Waals surface area contributed by atoms with Crippen LogP contribution in [0.1, 0.15) is 67.2 Å². The fraction of sp³-hybridized carbons (Fsp3) is 0.973. The molecule has 0 aromatic rings. The molecule has 0 bridgehead atoms. The molecule has 0 aromatic carbocycles. The smallest absolute Gasteiger partial charge is 0.327 e. The SMILES string of the molecule is CC(C)(C)[Si](C)(C)C1CC([Si](C)(C)C)C([Si](C)(C)C2CC([Si](C)(C)C(C)(C)C)CC2[Si](C)(C)C)C1.C[Si](C)(C)[CH-][Si](C)(C)C.[Y+3]. The molecule has 0 aliphatic heterocycles. The molecule has 0 radical (unpaired) electrons. The Kier molecular flexibility index (Phi) is 16.2. The number of rotatable bonds is 8. The molecular formula is C37H87Si7Y+2. The van der Waals surface area contributed by atoms with Gasteiger partial charge in [-0.05, 0) is 43.3 Å². The van der Waals surface area contributed by atoms with E-state index in [1.165, 1.54) is 0 Å². The molecule has 2 rings (SSSR count). The molecule has 0 saturated heterocycles. The van der Waals surface area contributed by atoms with Crippen LogP contribution in [0, 0.1) is 5.67 Å². The van der Waals surface area contributed by atoms with Gasteiger partial charge in [-0.15, -0.1) is 16.1 Å². The van der Waals surface area contributed by atoms with Crippen molar-refractivity contribution in [3.05, 3.63) is 5.67 Å². The Morgan fingerprint density at radius 1 is 0.400 bits per heavy atom. The van der Waals surface area contributed by atoms with Crippen molar-refractivity contribution in [2.75, 3.05) is 0 Å². The summed E-state index contributed by atoms with van der Waals surface area (Å²) in [5.74, 6) is 0. The van der Waals surface area contributed by atoms with Crippen LogP contribution in [-0.2, 0) is 32.7 Å². The molecule has 264 valence electrons. The fourth-order valence-electron chi connectivity index (χ4n) is 9.61. The Bertz CT molecular complexity index is 857. The second-order valence-electron chi connectivity index (χ2n) is 24.1. The van der Waals surface area contributed by atoms with E-state index in [0.29, 0.717) is 10.1 Å². The molecule has 0 N–H and O–H groups in total. The molecule has 2 aliphatic carbocycles. The first-order valence-corrected chi connectivity index (χ1v) is 42.4. The Labute approximate surface area is 320 Å². The van der Waals surface area contributed by atoms with Gasteiger partial charge in [-0.1, -0.05) is 185 Å². The maximum Gasteiger partial charge on any atom is 3.00 e. The zero-order valence-corrected chi connectivity index (χ0v) is 45.8. The van der Waals surface area contributed by atoms with E-state index < -0.39 is 56.5 Å². The van der Waals surface area contributed by atoms with Gasteiger partial charge in [0.25, 0.3) is 0 Å². The van der Waals surface area contributed by atoms with Gasteiger partial charge in [0, 0.05) is 16.1 Å². The van der Waals surface area contributed by atoms with Crippen LogP contribution in [0.4, 0.5) is 0 Å². The maximum atomic E-state index is 2.92. The van der Waals surface area contributed by atoms with Crippen molar-refractivity contribution < 1.29 is 32.7 Å². The summed E-state index contributed by atoms with van der Waals surface area (Å²) in [7, 11) is -8.17. The van der Waals surface area contributed by atoms with Crippen molar-refractivity contribution in [1.29, 1.82) is 0 Å². The second kappa shape index (κ2) is 15.3. The van der Waals surface area contributed by atoms with Crippen molar-refractivity contribution in [3.63, 3.8) is 0 Å². The summed E-state index contributed by atoms with van der Waals surface area (Å²) in [6.07, 6.45) is 6.38. The van der Waals surface area contributed by atoms with E-state index in [2.05, 4.69) is 165 Å². The van der Waals surface area contributed by atoms with Crippen LogP contribution in [-0.4, -0.2) is 56.5 Å². The summed E-state index contributed by atoms with van der Waals surface area (Å²) in [6, 6.07) is 0. The van der Waals surface area contributed by atoms with E-state index in [1.54, 1.807) is 25.7 Å². The van der Waals surface area contributed by atoms with Gasteiger partial charge in [0.05, 0.1) is 24.2 Å². The zero-order chi connectivity index (χ0) is 35.5. The van der Waals surface area contributed by atoms with Crippen molar-refractivity contribution >= 4 is 56.5 Å². The summed E-state index contributed by atoms with van der Waals surface area (Å²) in [6.45, 7) is 63.1. The fourth-order valence-corrected chi connectivity index (χ4v) is 41.7. The molecule has 0 nitrogen and oxygen atoms in total. The summed E-state index contributed by atoms with van der Waals surface area (Å²) in [5.41, 5.74) is 9.03. The van der Waals surface area contributed by atoms with Crippen LogP contribution in [0.15, 0.2) is 0 Å². The topological polar surface area (TPSA) is 0 Å². The standard InChI is InChI=1S/C30H68Si5.C7H19Si2.Y/c1-29(2,3)34(15,16)23-19-25(31(7,8)9)27(21-23)33(13,14)28-22-24(20-26(28)32(10,11)12)35(17,18)30(4,5)6;1-8(2,3)7-9(4,5)6;/h23-28H,19-22H2,1-18H3;7H,1-6H3;/q;-1;+3. The van der Waals surface area contributed by atoms with Crippen molar-refractivity contribution in [2.24, 2.45) is 0 Å². The van der Waals surface area contributed by atoms with Crippen molar-refractivity contribution in [1.82, 2.24) is 0 Å². The molecule has 0 aromatic heterocycles. The monoisotopic (exact) mass is 816 g/mol. The first-order valence-electron chi connectivity index (χ1n) is 18.7. The quantitative estimate of drug-likeness (QED) is 0.169. The first-order chi connectivity index (χ1) is 18.9. The predicted octanol–water partition coefficient (Wildman–Crippen LogP) is 15.1. The summed E-state index contributed by atoms with van der Waals surface area (Å²) in [5, 5.41) is 1.04. The van der Waals surface area contributed by atoms with Crippen LogP contribution < -0.4 is 0 Å². The minimum absolute atomic E-state index is 0. The Hall–Kier alpha value is 2.62. The van der Waals surface area contributed by atoms with Crippen molar-refractivity contribution in [2.45, 2.75) is 228 Å². The molecule has 2 fully saturated rings. The Balaban J connectivity index is 0.00000168. The van der Waals surface area contributed by atoms with E-state index in [0.717, 1.165) is 33.2 Å². The summed E-state index contributed by atoms with van der Waals surface area (Å²) in [4.78, 5) is 0. The molecule has 0 heterocycles. The molecule has 2 saturated carbocycles. The van der Waals surface area contributed by atoms with E-state index >= 15 is 0 Å². The van der Waals surface area contributed by atoms with E-state index in [1.807, 2.05) is 0 Å². The van der Waals surface area contributed by atoms with Crippen molar-refractivity contribution in [3.8, 4) is 0 Å². The third-order valence-corrected chi connectivity index (χ3v) is 45.2. The molecule has 2 aliphatic rings. The minimum atomic E-state index is -1.43. The molecule has 6 unspecified atom stereocenters. The molecule has 0 amide bonds. The predicted molar refractivity (Wildman–Crippen MR) is 231 cm³/mol. The van der Waals surface area contributed by atoms with Gasteiger partial charge in [-0.3, -0.25) is 0 Å². The molecular weight excluding hydrogens is 730 g/mol. The average Bonchev–Trinajstić information content (AvgIpc) is 3.36. The summed E-state index contributed by atoms with van der Waals surface area (Å²) >= 11 is 0. The molecule has 6 atom stereocenters. The minimum Gasteiger partial charge on any atom is -0.327 e. The van der Waals surface area contributed by atoms with E-state index in [9.17, 15) is 0 Å². The van der Waals surface area contributed by atoms with Gasteiger partial charge in [0.2, 0.25) is 0 Å². The third-order valence-electron chi connectivity index (χ3n) is 14.0. The molecule has 45 heavy (non-hydrogen) atoms. The van der Waals surface area contributed by atoms with Gasteiger partial charge < -0.3 is 5.67 Å². The Morgan fingerprint density at radius 2 is 0.622 bits per heavy atom. The van der Waals surface area contributed by atoms with Crippen LogP contribution >= 0.6 is 0 Å². The third kappa shape index (κ3) is 12.4. The van der Waals surface area contributed by atoms with Gasteiger partial charge >= 0.3 is 32.7 Å². The number of hydrogen-bond acceptors (Lipinski definition) is 0. The average molecular weight is 818 g/mol. The van der Waals surface area contributed by atoms with Gasteiger partial charge in [-0.2, -0.15) is 0 Å². The van der Waals surface area contributed by atoms with Crippen LogP contribution in [0.5, 0.6) is 0 Å². The Morgan fingerprint density at radius 3 is 0.778 bits per heavy atom. The molecule has 8 heteroatoms.